The molecule has 18 heteroatoms. The lowest BCUT2D eigenvalue weighted by molar-refractivity contribution is -0.137. The molecule has 3 saturated heterocycles. The number of aromatic nitrogens is 6. The van der Waals surface area contributed by atoms with Gasteiger partial charge in [0.15, 0.2) is 5.82 Å². The van der Waals surface area contributed by atoms with Gasteiger partial charge in [-0.25, -0.2) is 9.37 Å². The van der Waals surface area contributed by atoms with Crippen LogP contribution in [0.2, 0.25) is 0 Å². The molecule has 0 aliphatic carbocycles. The average molecular weight is 741 g/mol. The molecule has 0 atom stereocenters. The molecule has 4 aromatic heterocycles. The van der Waals surface area contributed by atoms with Crippen molar-refractivity contribution >= 4 is 34.5 Å². The van der Waals surface area contributed by atoms with Crippen molar-refractivity contribution < 1.29 is 36.7 Å². The highest BCUT2D eigenvalue weighted by Crippen LogP contribution is 2.42. The van der Waals surface area contributed by atoms with E-state index in [1.54, 1.807) is 16.8 Å². The molecule has 0 radical (unpaired) electrons. The van der Waals surface area contributed by atoms with Gasteiger partial charge in [-0.2, -0.15) is 28.1 Å². The molecule has 282 valence electrons. The number of fused-ring (bicyclic) bond motifs is 2. The second-order valence-corrected chi connectivity index (χ2v) is 14.6. The molecule has 1 amide bonds. The van der Waals surface area contributed by atoms with Gasteiger partial charge in [-0.15, -0.1) is 0 Å². The third kappa shape index (κ3) is 7.08. The molecule has 0 unspecified atom stereocenters. The molecular formula is C35H40F4N10O4. The summed E-state index contributed by atoms with van der Waals surface area (Å²) in [6.45, 7) is 7.69. The van der Waals surface area contributed by atoms with Gasteiger partial charge < -0.3 is 29.9 Å². The van der Waals surface area contributed by atoms with Crippen molar-refractivity contribution in [2.75, 3.05) is 57.0 Å². The van der Waals surface area contributed by atoms with E-state index in [-0.39, 0.29) is 69.8 Å². The standard InChI is InChI=1S/C35H40F4N10O4/c1-19-13-22(40)42-28(25(19)35(37,38)39)29-26(36)27-21(14-41-29)30(45-32(44-27)52-18-34-9-5-11-49(34)12-6-10-34)47(4)15-20-16-48(17-20)24(50)8-7-23-43-31(46-53-23)33(2,3)51/h7-8,13-14,20,51H,5-6,9-12,15-18H2,1-4H3,(H2,40,42)/b8-7+. The van der Waals surface area contributed by atoms with E-state index in [4.69, 9.17) is 15.0 Å². The Labute approximate surface area is 302 Å². The van der Waals surface area contributed by atoms with E-state index < -0.39 is 34.5 Å². The van der Waals surface area contributed by atoms with E-state index in [0.29, 0.717) is 19.6 Å². The predicted molar refractivity (Wildman–Crippen MR) is 185 cm³/mol. The number of aryl methyl sites for hydroxylation is 1. The summed E-state index contributed by atoms with van der Waals surface area (Å²) in [6, 6.07) is 0.967. The zero-order valence-corrected chi connectivity index (χ0v) is 29.7. The van der Waals surface area contributed by atoms with Crippen LogP contribution in [0.5, 0.6) is 6.01 Å². The number of hydrogen-bond acceptors (Lipinski definition) is 13. The lowest BCUT2D eigenvalue weighted by Gasteiger charge is -2.40. The van der Waals surface area contributed by atoms with E-state index in [0.717, 1.165) is 44.8 Å². The van der Waals surface area contributed by atoms with Gasteiger partial charge in [0.05, 0.1) is 16.5 Å². The number of halogens is 4. The van der Waals surface area contributed by atoms with E-state index in [9.17, 15) is 23.1 Å². The first kappa shape index (κ1) is 36.4. The molecule has 0 bridgehead atoms. The van der Waals surface area contributed by atoms with Crippen molar-refractivity contribution in [3.8, 4) is 17.4 Å². The van der Waals surface area contributed by atoms with Crippen LogP contribution in [0.1, 0.15) is 62.4 Å². The third-order valence-corrected chi connectivity index (χ3v) is 10.2. The highest BCUT2D eigenvalue weighted by atomic mass is 19.4. The summed E-state index contributed by atoms with van der Waals surface area (Å²) in [5.41, 5.74) is 1.35. The maximum Gasteiger partial charge on any atom is 0.418 e. The number of nitrogens with two attached hydrogens (primary N) is 1. The number of hydrogen-bond donors (Lipinski definition) is 2. The monoisotopic (exact) mass is 740 g/mol. The highest BCUT2D eigenvalue weighted by Gasteiger charge is 2.45. The summed E-state index contributed by atoms with van der Waals surface area (Å²) in [7, 11) is 1.75. The number of rotatable bonds is 10. The summed E-state index contributed by atoms with van der Waals surface area (Å²) >= 11 is 0. The van der Waals surface area contributed by atoms with Gasteiger partial charge in [0.25, 0.3) is 5.89 Å². The summed E-state index contributed by atoms with van der Waals surface area (Å²) < 4.78 is 70.5. The van der Waals surface area contributed by atoms with Crippen LogP contribution in [-0.4, -0.2) is 103 Å². The molecule has 3 fully saturated rings. The van der Waals surface area contributed by atoms with Crippen LogP contribution >= 0.6 is 0 Å². The first-order valence-corrected chi connectivity index (χ1v) is 17.4. The molecule has 7 rings (SSSR count). The minimum atomic E-state index is -4.86. The van der Waals surface area contributed by atoms with Crippen molar-refractivity contribution in [1.29, 1.82) is 0 Å². The quantitative estimate of drug-likeness (QED) is 0.174. The molecule has 4 aromatic rings. The molecule has 53 heavy (non-hydrogen) atoms. The molecule has 0 saturated carbocycles. The fraction of sp³-hybridized carbons (Fsp3) is 0.514. The molecule has 14 nitrogen and oxygen atoms in total. The van der Waals surface area contributed by atoms with Crippen LogP contribution in [0.3, 0.4) is 0 Å². The second-order valence-electron chi connectivity index (χ2n) is 14.6. The van der Waals surface area contributed by atoms with Crippen LogP contribution in [0.15, 0.2) is 22.9 Å². The topological polar surface area (TPSA) is 173 Å². The van der Waals surface area contributed by atoms with Crippen molar-refractivity contribution in [2.24, 2.45) is 5.92 Å². The smallest absolute Gasteiger partial charge is 0.418 e. The Kier molecular flexibility index (Phi) is 9.24. The number of nitrogen functional groups attached to an aromatic ring is 1. The zero-order valence-electron chi connectivity index (χ0n) is 29.7. The summed E-state index contributed by atoms with van der Waals surface area (Å²) in [5.74, 6) is -1.15. The van der Waals surface area contributed by atoms with Gasteiger partial charge in [-0.1, -0.05) is 5.16 Å². The number of carbonyl (C=O) groups is 1. The largest absolute Gasteiger partial charge is 0.461 e. The zero-order chi connectivity index (χ0) is 37.9. The van der Waals surface area contributed by atoms with Crippen LogP contribution in [0.4, 0.5) is 29.2 Å². The third-order valence-electron chi connectivity index (χ3n) is 10.2. The number of nitrogens with zero attached hydrogens (tertiary/aromatic N) is 9. The van der Waals surface area contributed by atoms with Gasteiger partial charge in [0, 0.05) is 50.9 Å². The van der Waals surface area contributed by atoms with Gasteiger partial charge in [-0.3, -0.25) is 14.7 Å². The predicted octanol–water partition coefficient (Wildman–Crippen LogP) is 4.36. The Morgan fingerprint density at radius 1 is 1.15 bits per heavy atom. The van der Waals surface area contributed by atoms with Crippen molar-refractivity contribution in [1.82, 2.24) is 39.9 Å². The molecule has 3 aliphatic heterocycles. The number of carbonyl (C=O) groups excluding carboxylic acids is 1. The Hall–Kier alpha value is -4.97. The van der Waals surface area contributed by atoms with Crippen LogP contribution in [0, 0.1) is 18.7 Å². The number of likely N-dealkylation sites (tertiary alicyclic amines) is 1. The van der Waals surface area contributed by atoms with Crippen molar-refractivity contribution in [3.05, 3.63) is 47.0 Å². The van der Waals surface area contributed by atoms with E-state index in [2.05, 4.69) is 35.0 Å². The molecule has 3 N–H and O–H groups in total. The molecule has 7 heterocycles. The van der Waals surface area contributed by atoms with Crippen molar-refractivity contribution in [3.63, 3.8) is 0 Å². The highest BCUT2D eigenvalue weighted by molar-refractivity contribution is 5.93. The maximum absolute atomic E-state index is 16.5. The van der Waals surface area contributed by atoms with Crippen molar-refractivity contribution in [2.45, 2.75) is 63.8 Å². The molecular weight excluding hydrogens is 700 g/mol. The number of anilines is 2. The van der Waals surface area contributed by atoms with Crippen LogP contribution in [0.25, 0.3) is 28.4 Å². The van der Waals surface area contributed by atoms with Gasteiger partial charge >= 0.3 is 12.2 Å². The van der Waals surface area contributed by atoms with Crippen LogP contribution in [-0.2, 0) is 16.6 Å². The van der Waals surface area contributed by atoms with Gasteiger partial charge in [0.1, 0.15) is 40.7 Å². The first-order chi connectivity index (χ1) is 25.0. The second kappa shape index (κ2) is 13.5. The Morgan fingerprint density at radius 3 is 2.53 bits per heavy atom. The summed E-state index contributed by atoms with van der Waals surface area (Å²) in [5, 5.41) is 13.9. The SMILES string of the molecule is Cc1cc(N)nc(-c2ncc3c(N(C)CC4CN(C(=O)/C=C/c5nc(C(C)(C)O)no5)C4)nc(OCC45CCCN4CCC5)nc3c2F)c1C(F)(F)F. The molecule has 0 aromatic carbocycles. The molecule has 0 spiro atoms. The minimum Gasteiger partial charge on any atom is -0.461 e. The van der Waals surface area contributed by atoms with E-state index >= 15 is 4.39 Å². The lowest BCUT2D eigenvalue weighted by Crippen LogP contribution is -2.53. The number of amides is 1. The number of pyridine rings is 2. The van der Waals surface area contributed by atoms with Gasteiger partial charge in [-0.05, 0) is 71.2 Å². The average Bonchev–Trinajstić information content (AvgIpc) is 3.79. The lowest BCUT2D eigenvalue weighted by atomic mass is 9.95. The summed E-state index contributed by atoms with van der Waals surface area (Å²) in [4.78, 5) is 39.7. The molecule has 3 aliphatic rings. The Morgan fingerprint density at radius 2 is 1.87 bits per heavy atom. The fourth-order valence-electron chi connectivity index (χ4n) is 7.57. The number of ether oxygens (including phenoxy) is 1. The summed E-state index contributed by atoms with van der Waals surface area (Å²) in [6.07, 6.45) is 3.02. The maximum atomic E-state index is 16.5. The van der Waals surface area contributed by atoms with Gasteiger partial charge in [0.2, 0.25) is 11.7 Å². The normalized spacial score (nSPS) is 17.9. The number of alkyl halides is 3. The number of aliphatic hydroxyl groups is 1. The minimum absolute atomic E-state index is 0.00671. The van der Waals surface area contributed by atoms with Crippen LogP contribution < -0.4 is 15.4 Å². The Bertz CT molecular complexity index is 2070. The van der Waals surface area contributed by atoms with E-state index in [1.165, 1.54) is 39.1 Å². The first-order valence-electron chi connectivity index (χ1n) is 17.4. The fourth-order valence-corrected chi connectivity index (χ4v) is 7.57. The van der Waals surface area contributed by atoms with E-state index in [1.807, 2.05) is 0 Å². The Balaban J connectivity index is 1.15.